The number of benzene rings is 2. The SMILES string of the molecule is COc1ccc(/C([OH2+])=C/C(=O)c2ccc(C(C)(C)C)cc2)cc1. The van der Waals surface area contributed by atoms with Gasteiger partial charge in [0.2, 0.25) is 0 Å². The highest BCUT2D eigenvalue weighted by Crippen LogP contribution is 2.23. The van der Waals surface area contributed by atoms with Crippen LogP contribution in [0.2, 0.25) is 0 Å². The van der Waals surface area contributed by atoms with E-state index in [1.165, 1.54) is 11.6 Å². The van der Waals surface area contributed by atoms with E-state index in [1.807, 2.05) is 24.3 Å². The highest BCUT2D eigenvalue weighted by atomic mass is 16.5. The van der Waals surface area contributed by atoms with Crippen molar-refractivity contribution in [1.82, 2.24) is 0 Å². The zero-order chi connectivity index (χ0) is 17.0. The number of rotatable bonds is 4. The minimum absolute atomic E-state index is 0.0566. The van der Waals surface area contributed by atoms with Gasteiger partial charge in [-0.25, -0.2) is 0 Å². The minimum Gasteiger partial charge on any atom is -0.593 e. The van der Waals surface area contributed by atoms with Crippen LogP contribution in [0.1, 0.15) is 42.3 Å². The average Bonchev–Trinajstić information content (AvgIpc) is 2.54. The average molecular weight is 311 g/mol. The van der Waals surface area contributed by atoms with Gasteiger partial charge in [0.15, 0.2) is 5.78 Å². The Morgan fingerprint density at radius 3 is 1.96 bits per heavy atom. The summed E-state index contributed by atoms with van der Waals surface area (Å²) in [5, 5.41) is 8.06. The lowest BCUT2D eigenvalue weighted by Crippen LogP contribution is -2.11. The Hall–Kier alpha value is -2.55. The van der Waals surface area contributed by atoms with Crippen molar-refractivity contribution in [3.05, 3.63) is 71.3 Å². The van der Waals surface area contributed by atoms with Gasteiger partial charge in [0.25, 0.3) is 5.76 Å². The van der Waals surface area contributed by atoms with E-state index in [0.717, 1.165) is 5.75 Å². The molecule has 23 heavy (non-hydrogen) atoms. The molecule has 0 radical (unpaired) electrons. The van der Waals surface area contributed by atoms with Crippen molar-refractivity contribution in [3.8, 4) is 5.75 Å². The molecular formula is C20H23O3+. The van der Waals surface area contributed by atoms with E-state index in [2.05, 4.69) is 20.8 Å². The lowest BCUT2D eigenvalue weighted by molar-refractivity contribution is 0.104. The molecule has 2 aromatic rings. The third-order valence-electron chi connectivity index (χ3n) is 3.71. The first-order valence-electron chi connectivity index (χ1n) is 7.54. The van der Waals surface area contributed by atoms with Gasteiger partial charge in [0.05, 0.1) is 18.7 Å². The summed E-state index contributed by atoms with van der Waals surface area (Å²) in [4.78, 5) is 12.3. The molecule has 2 rings (SSSR count). The van der Waals surface area contributed by atoms with Crippen molar-refractivity contribution < 1.29 is 14.6 Å². The molecule has 0 amide bonds. The Kier molecular flexibility index (Phi) is 4.89. The number of hydrogen-bond donors (Lipinski definition) is 0. The second-order valence-electron chi connectivity index (χ2n) is 6.48. The van der Waals surface area contributed by atoms with E-state index in [-0.39, 0.29) is 17.0 Å². The van der Waals surface area contributed by atoms with E-state index in [9.17, 15) is 4.79 Å². The van der Waals surface area contributed by atoms with Gasteiger partial charge < -0.3 is 9.84 Å². The monoisotopic (exact) mass is 311 g/mol. The third kappa shape index (κ3) is 4.22. The van der Waals surface area contributed by atoms with E-state index < -0.39 is 0 Å². The zero-order valence-electron chi connectivity index (χ0n) is 14.0. The van der Waals surface area contributed by atoms with Crippen LogP contribution in [-0.4, -0.2) is 18.0 Å². The summed E-state index contributed by atoms with van der Waals surface area (Å²) in [6.07, 6.45) is 1.36. The Bertz CT molecular complexity index is 702. The molecule has 0 spiro atoms. The molecule has 0 fully saturated rings. The van der Waals surface area contributed by atoms with Gasteiger partial charge in [-0.2, -0.15) is 0 Å². The van der Waals surface area contributed by atoms with E-state index in [4.69, 9.17) is 9.84 Å². The van der Waals surface area contributed by atoms with Gasteiger partial charge in [-0.05, 0) is 35.2 Å². The molecule has 120 valence electrons. The van der Waals surface area contributed by atoms with Crippen LogP contribution in [0.4, 0.5) is 0 Å². The van der Waals surface area contributed by atoms with Gasteiger partial charge in [0, 0.05) is 5.56 Å². The number of carbonyl (C=O) groups is 1. The van der Waals surface area contributed by atoms with Gasteiger partial charge >= 0.3 is 0 Å². The predicted octanol–water partition coefficient (Wildman–Crippen LogP) is 3.94. The lowest BCUT2D eigenvalue weighted by atomic mass is 9.86. The maximum Gasteiger partial charge on any atom is 0.265 e. The molecule has 0 unspecified atom stereocenters. The quantitative estimate of drug-likeness (QED) is 0.371. The standard InChI is InChI=1S/C20H22O3/c1-20(2,3)16-9-5-14(6-10-16)18(21)13-19(22)15-7-11-17(23-4)12-8-15/h5-13,22H,1-4H3/p+1/b19-13-. The van der Waals surface area contributed by atoms with Crippen molar-refractivity contribution in [2.45, 2.75) is 26.2 Å². The zero-order valence-corrected chi connectivity index (χ0v) is 14.0. The van der Waals surface area contributed by atoms with Gasteiger partial charge in [-0.15, -0.1) is 0 Å². The fourth-order valence-electron chi connectivity index (χ4n) is 2.20. The Morgan fingerprint density at radius 2 is 1.48 bits per heavy atom. The number of methoxy groups -OCH3 is 1. The first-order valence-corrected chi connectivity index (χ1v) is 7.54. The Balaban J connectivity index is 2.19. The number of hydrogen-bond acceptors (Lipinski definition) is 2. The predicted molar refractivity (Wildman–Crippen MR) is 94.1 cm³/mol. The summed E-state index contributed by atoms with van der Waals surface area (Å²) in [5.74, 6) is 0.759. The number of ketones is 1. The summed E-state index contributed by atoms with van der Waals surface area (Å²) in [6, 6.07) is 14.7. The van der Waals surface area contributed by atoms with E-state index >= 15 is 0 Å². The molecule has 0 bridgehead atoms. The summed E-state index contributed by atoms with van der Waals surface area (Å²) in [6.45, 7) is 6.40. The van der Waals surface area contributed by atoms with E-state index in [1.54, 1.807) is 31.4 Å². The van der Waals surface area contributed by atoms with Crippen molar-refractivity contribution in [2.75, 3.05) is 7.11 Å². The molecule has 0 aliphatic carbocycles. The van der Waals surface area contributed by atoms with Gasteiger partial charge in [-0.1, -0.05) is 45.0 Å². The fraction of sp³-hybridized carbons (Fsp3) is 0.250. The second-order valence-corrected chi connectivity index (χ2v) is 6.48. The maximum atomic E-state index is 12.3. The van der Waals surface area contributed by atoms with Gasteiger partial charge in [-0.3, -0.25) is 4.79 Å². The second kappa shape index (κ2) is 6.69. The van der Waals surface area contributed by atoms with Crippen LogP contribution in [0.15, 0.2) is 54.6 Å². The molecule has 0 heterocycles. The third-order valence-corrected chi connectivity index (χ3v) is 3.71. The molecule has 2 aromatic carbocycles. The van der Waals surface area contributed by atoms with Crippen LogP contribution in [0.5, 0.6) is 5.75 Å². The highest BCUT2D eigenvalue weighted by molar-refractivity contribution is 6.07. The topological polar surface area (TPSA) is 49.2 Å². The van der Waals surface area contributed by atoms with Crippen molar-refractivity contribution >= 4 is 11.5 Å². The molecule has 0 aromatic heterocycles. The first-order chi connectivity index (χ1) is 10.8. The van der Waals surface area contributed by atoms with Crippen molar-refractivity contribution in [3.63, 3.8) is 0 Å². The van der Waals surface area contributed by atoms with Crippen LogP contribution < -0.4 is 4.74 Å². The maximum absolute atomic E-state index is 12.3. The minimum atomic E-state index is -0.161. The summed E-state index contributed by atoms with van der Waals surface area (Å²) < 4.78 is 5.09. The number of carbonyl (C=O) groups excluding carboxylic acids is 1. The molecule has 0 aliphatic rings. The normalized spacial score (nSPS) is 12.1. The lowest BCUT2D eigenvalue weighted by Gasteiger charge is -2.18. The molecule has 0 atom stereocenters. The van der Waals surface area contributed by atoms with Crippen LogP contribution in [0.3, 0.4) is 0 Å². The molecular weight excluding hydrogens is 288 g/mol. The smallest absolute Gasteiger partial charge is 0.265 e. The molecule has 3 nitrogen and oxygen atoms in total. The molecule has 2 N–H and O–H groups in total. The van der Waals surface area contributed by atoms with Crippen LogP contribution in [0, 0.1) is 0 Å². The van der Waals surface area contributed by atoms with E-state index in [0.29, 0.717) is 11.1 Å². The van der Waals surface area contributed by atoms with Crippen LogP contribution in [-0.2, 0) is 5.41 Å². The molecule has 0 saturated carbocycles. The first kappa shape index (κ1) is 16.8. The van der Waals surface area contributed by atoms with Crippen LogP contribution >= 0.6 is 0 Å². The molecule has 3 heteroatoms. The summed E-state index contributed by atoms with van der Waals surface area (Å²) in [5.41, 5.74) is 2.52. The van der Waals surface area contributed by atoms with Crippen LogP contribution in [0.25, 0.3) is 5.76 Å². The van der Waals surface area contributed by atoms with Crippen molar-refractivity contribution in [1.29, 1.82) is 0 Å². The number of allylic oxidation sites excluding steroid dienone is 1. The summed E-state index contributed by atoms with van der Waals surface area (Å²) >= 11 is 0. The summed E-state index contributed by atoms with van der Waals surface area (Å²) in [7, 11) is 1.59. The van der Waals surface area contributed by atoms with Gasteiger partial charge in [0.1, 0.15) is 5.75 Å². The number of ether oxygens (including phenoxy) is 1. The Labute approximate surface area is 137 Å². The molecule has 0 saturated heterocycles. The Morgan fingerprint density at radius 1 is 0.957 bits per heavy atom. The highest BCUT2D eigenvalue weighted by Gasteiger charge is 2.15. The fourth-order valence-corrected chi connectivity index (χ4v) is 2.20. The molecule has 0 aliphatic heterocycles. The van der Waals surface area contributed by atoms with Crippen molar-refractivity contribution in [2.24, 2.45) is 0 Å². The largest absolute Gasteiger partial charge is 0.593 e.